The number of hydrogen-bond acceptors (Lipinski definition) is 3. The van der Waals surface area contributed by atoms with E-state index in [4.69, 9.17) is 16.3 Å². The highest BCUT2D eigenvalue weighted by Crippen LogP contribution is 2.22. The SMILES string of the molecule is CN(CCOc1ccccc1Cl)C(=O)Cc1cnn(-c2ccccc2)c1. The molecule has 6 heteroatoms. The molecule has 0 saturated carbocycles. The Morgan fingerprint density at radius 3 is 2.65 bits per heavy atom. The van der Waals surface area contributed by atoms with Crippen LogP contribution in [0.2, 0.25) is 5.02 Å². The van der Waals surface area contributed by atoms with Crippen molar-refractivity contribution in [2.45, 2.75) is 6.42 Å². The minimum Gasteiger partial charge on any atom is -0.490 e. The number of halogens is 1. The van der Waals surface area contributed by atoms with E-state index < -0.39 is 0 Å². The van der Waals surface area contributed by atoms with Gasteiger partial charge in [-0.25, -0.2) is 4.68 Å². The van der Waals surface area contributed by atoms with Crippen LogP contribution in [0.25, 0.3) is 5.69 Å². The number of carbonyl (C=O) groups excluding carboxylic acids is 1. The molecule has 1 heterocycles. The number of hydrogen-bond donors (Lipinski definition) is 0. The number of nitrogens with zero attached hydrogens (tertiary/aromatic N) is 3. The van der Waals surface area contributed by atoms with Crippen LogP contribution in [-0.2, 0) is 11.2 Å². The molecule has 0 unspecified atom stereocenters. The fourth-order valence-electron chi connectivity index (χ4n) is 2.46. The average molecular weight is 370 g/mol. The summed E-state index contributed by atoms with van der Waals surface area (Å²) in [5.41, 5.74) is 1.84. The van der Waals surface area contributed by atoms with E-state index in [0.717, 1.165) is 11.3 Å². The van der Waals surface area contributed by atoms with Gasteiger partial charge in [0.25, 0.3) is 0 Å². The van der Waals surface area contributed by atoms with E-state index in [1.807, 2.05) is 54.7 Å². The highest BCUT2D eigenvalue weighted by atomic mass is 35.5. The predicted octanol–water partition coefficient (Wildman–Crippen LogP) is 3.61. The number of amides is 1. The van der Waals surface area contributed by atoms with Gasteiger partial charge in [-0.3, -0.25) is 4.79 Å². The molecule has 5 nitrogen and oxygen atoms in total. The largest absolute Gasteiger partial charge is 0.490 e. The lowest BCUT2D eigenvalue weighted by atomic mass is 10.2. The second-order valence-corrected chi connectivity index (χ2v) is 6.31. The van der Waals surface area contributed by atoms with E-state index in [9.17, 15) is 4.79 Å². The highest BCUT2D eigenvalue weighted by Gasteiger charge is 2.12. The van der Waals surface area contributed by atoms with Crippen molar-refractivity contribution in [3.63, 3.8) is 0 Å². The van der Waals surface area contributed by atoms with Gasteiger partial charge in [-0.2, -0.15) is 5.10 Å². The second-order valence-electron chi connectivity index (χ2n) is 5.90. The molecule has 134 valence electrons. The molecule has 0 radical (unpaired) electrons. The molecule has 0 N–H and O–H groups in total. The van der Waals surface area contributed by atoms with Crippen LogP contribution in [-0.4, -0.2) is 40.8 Å². The Bertz CT molecular complexity index is 864. The van der Waals surface area contributed by atoms with Crippen molar-refractivity contribution in [3.05, 3.63) is 77.6 Å². The molecule has 0 aliphatic rings. The highest BCUT2D eigenvalue weighted by molar-refractivity contribution is 6.32. The number of aromatic nitrogens is 2. The maximum Gasteiger partial charge on any atom is 0.226 e. The fourth-order valence-corrected chi connectivity index (χ4v) is 2.65. The Kier molecular flexibility index (Phi) is 5.92. The van der Waals surface area contributed by atoms with Crippen molar-refractivity contribution in [3.8, 4) is 11.4 Å². The van der Waals surface area contributed by atoms with Gasteiger partial charge in [-0.15, -0.1) is 0 Å². The predicted molar refractivity (Wildman–Crippen MR) is 102 cm³/mol. The average Bonchev–Trinajstić information content (AvgIpc) is 3.12. The molecule has 0 saturated heterocycles. The summed E-state index contributed by atoms with van der Waals surface area (Å²) in [7, 11) is 1.76. The van der Waals surface area contributed by atoms with Gasteiger partial charge in [0.15, 0.2) is 0 Å². The molecule has 0 bridgehead atoms. The monoisotopic (exact) mass is 369 g/mol. The molecule has 0 spiro atoms. The molecule has 0 aliphatic carbocycles. The van der Waals surface area contributed by atoms with Gasteiger partial charge >= 0.3 is 0 Å². The lowest BCUT2D eigenvalue weighted by Gasteiger charge is -2.17. The summed E-state index contributed by atoms with van der Waals surface area (Å²) in [5.74, 6) is 0.638. The Morgan fingerprint density at radius 1 is 1.15 bits per heavy atom. The first-order valence-corrected chi connectivity index (χ1v) is 8.71. The quantitative estimate of drug-likeness (QED) is 0.639. The Balaban J connectivity index is 1.50. The first-order valence-electron chi connectivity index (χ1n) is 8.34. The summed E-state index contributed by atoms with van der Waals surface area (Å²) in [4.78, 5) is 14.0. The van der Waals surface area contributed by atoms with Crippen LogP contribution in [0, 0.1) is 0 Å². The fraction of sp³-hybridized carbons (Fsp3) is 0.200. The smallest absolute Gasteiger partial charge is 0.226 e. The van der Waals surface area contributed by atoms with Gasteiger partial charge in [0.1, 0.15) is 12.4 Å². The number of likely N-dealkylation sites (N-methyl/N-ethyl adjacent to an activating group) is 1. The molecule has 0 fully saturated rings. The third-order valence-corrected chi connectivity index (χ3v) is 4.27. The summed E-state index contributed by atoms with van der Waals surface area (Å²) in [6, 6.07) is 17.1. The number of ether oxygens (including phenoxy) is 1. The van der Waals surface area contributed by atoms with Gasteiger partial charge in [-0.05, 0) is 29.8 Å². The van der Waals surface area contributed by atoms with E-state index in [0.29, 0.717) is 30.3 Å². The minimum atomic E-state index is 0.0142. The van der Waals surface area contributed by atoms with Gasteiger partial charge in [0, 0.05) is 13.2 Å². The normalized spacial score (nSPS) is 10.5. The van der Waals surface area contributed by atoms with Crippen LogP contribution in [0.1, 0.15) is 5.56 Å². The van der Waals surface area contributed by atoms with Crippen LogP contribution >= 0.6 is 11.6 Å². The number of rotatable bonds is 7. The summed E-state index contributed by atoms with van der Waals surface area (Å²) in [5, 5.41) is 4.88. The molecule has 26 heavy (non-hydrogen) atoms. The lowest BCUT2D eigenvalue weighted by Crippen LogP contribution is -2.32. The summed E-state index contributed by atoms with van der Waals surface area (Å²) in [6.07, 6.45) is 3.90. The Hall–Kier alpha value is -2.79. The Morgan fingerprint density at radius 2 is 1.88 bits per heavy atom. The lowest BCUT2D eigenvalue weighted by molar-refractivity contribution is -0.129. The molecular formula is C20H20ClN3O2. The van der Waals surface area contributed by atoms with Crippen LogP contribution in [0.4, 0.5) is 0 Å². The second kappa shape index (κ2) is 8.54. The summed E-state index contributed by atoms with van der Waals surface area (Å²) >= 11 is 6.05. The van der Waals surface area contributed by atoms with Crippen molar-refractivity contribution in [2.24, 2.45) is 0 Å². The molecule has 0 atom stereocenters. The van der Waals surface area contributed by atoms with Crippen molar-refractivity contribution in [2.75, 3.05) is 20.2 Å². The van der Waals surface area contributed by atoms with Gasteiger partial charge in [0.05, 0.1) is 29.9 Å². The molecule has 1 aromatic heterocycles. The van der Waals surface area contributed by atoms with Gasteiger partial charge in [0.2, 0.25) is 5.91 Å². The number of carbonyl (C=O) groups is 1. The zero-order valence-corrected chi connectivity index (χ0v) is 15.3. The van der Waals surface area contributed by atoms with E-state index >= 15 is 0 Å². The van der Waals surface area contributed by atoms with Gasteiger partial charge in [-0.1, -0.05) is 41.9 Å². The molecule has 3 aromatic rings. The number of benzene rings is 2. The van der Waals surface area contributed by atoms with Crippen LogP contribution in [0.15, 0.2) is 67.0 Å². The maximum absolute atomic E-state index is 12.4. The third-order valence-electron chi connectivity index (χ3n) is 3.96. The molecule has 2 aromatic carbocycles. The zero-order valence-electron chi connectivity index (χ0n) is 14.5. The summed E-state index contributed by atoms with van der Waals surface area (Å²) < 4.78 is 7.39. The molecule has 0 aliphatic heterocycles. The molecule has 1 amide bonds. The van der Waals surface area contributed by atoms with Gasteiger partial charge < -0.3 is 9.64 Å². The van der Waals surface area contributed by atoms with Crippen LogP contribution in [0.3, 0.4) is 0 Å². The van der Waals surface area contributed by atoms with Crippen molar-refractivity contribution >= 4 is 17.5 Å². The van der Waals surface area contributed by atoms with Crippen molar-refractivity contribution in [1.29, 1.82) is 0 Å². The van der Waals surface area contributed by atoms with Crippen LogP contribution in [0.5, 0.6) is 5.75 Å². The van der Waals surface area contributed by atoms with Crippen molar-refractivity contribution < 1.29 is 9.53 Å². The van der Waals surface area contributed by atoms with Crippen LogP contribution < -0.4 is 4.74 Å². The Labute approximate surface area is 157 Å². The van der Waals surface area contributed by atoms with E-state index in [1.54, 1.807) is 28.9 Å². The first-order chi connectivity index (χ1) is 12.6. The zero-order chi connectivity index (χ0) is 18.4. The maximum atomic E-state index is 12.4. The standard InChI is InChI=1S/C20H20ClN3O2/c1-23(11-12-26-19-10-6-5-9-18(19)21)20(25)13-16-14-22-24(15-16)17-7-3-2-4-8-17/h2-10,14-15H,11-13H2,1H3. The summed E-state index contributed by atoms with van der Waals surface area (Å²) in [6.45, 7) is 0.867. The molecular weight excluding hydrogens is 350 g/mol. The third kappa shape index (κ3) is 4.64. The van der Waals surface area contributed by atoms with E-state index in [1.165, 1.54) is 0 Å². The number of para-hydroxylation sites is 2. The molecule has 3 rings (SSSR count). The van der Waals surface area contributed by atoms with E-state index in [-0.39, 0.29) is 5.91 Å². The van der Waals surface area contributed by atoms with E-state index in [2.05, 4.69) is 5.10 Å². The first kappa shape index (κ1) is 18.0. The van der Waals surface area contributed by atoms with Crippen molar-refractivity contribution in [1.82, 2.24) is 14.7 Å². The topological polar surface area (TPSA) is 47.4 Å². The minimum absolute atomic E-state index is 0.0142.